The van der Waals surface area contributed by atoms with Gasteiger partial charge in [-0.1, -0.05) is 12.1 Å². The first-order chi connectivity index (χ1) is 12.0. The second-order valence-electron chi connectivity index (χ2n) is 6.40. The monoisotopic (exact) mass is 422 g/mol. The van der Waals surface area contributed by atoms with Crippen LogP contribution in [0.25, 0.3) is 0 Å². The Bertz CT molecular complexity index is 782. The number of hydrogen-bond acceptors (Lipinski definition) is 4. The zero-order chi connectivity index (χ0) is 18.0. The average molecular weight is 423 g/mol. The Morgan fingerprint density at radius 2 is 1.96 bits per heavy atom. The maximum atomic E-state index is 12.6. The van der Waals surface area contributed by atoms with Crippen LogP contribution < -0.4 is 5.32 Å². The number of amides is 1. The Morgan fingerprint density at radius 3 is 2.56 bits per heavy atom. The zero-order valence-electron chi connectivity index (χ0n) is 14.8. The van der Waals surface area contributed by atoms with Crippen LogP contribution in [0.3, 0.4) is 0 Å². The van der Waals surface area contributed by atoms with E-state index in [0.717, 1.165) is 41.1 Å². The summed E-state index contributed by atoms with van der Waals surface area (Å²) in [5, 5.41) is 3.01. The Labute approximate surface area is 161 Å². The van der Waals surface area contributed by atoms with Crippen molar-refractivity contribution in [1.82, 2.24) is 4.90 Å². The standard InChI is InChI=1S/C19H23BrN2O2S/c1-12-10-15(11-22-6-8-25-9-7-22)4-5-16(12)21-19(23)17-13(2)24-14(3)18(17)20/h4-5,10H,6-9,11H2,1-3H3,(H,21,23). The van der Waals surface area contributed by atoms with Crippen molar-refractivity contribution >= 4 is 39.3 Å². The first-order valence-electron chi connectivity index (χ1n) is 8.42. The summed E-state index contributed by atoms with van der Waals surface area (Å²) in [5.74, 6) is 3.62. The van der Waals surface area contributed by atoms with Crippen LogP contribution in [0, 0.1) is 20.8 Å². The van der Waals surface area contributed by atoms with E-state index in [4.69, 9.17) is 4.42 Å². The van der Waals surface area contributed by atoms with Gasteiger partial charge in [0.25, 0.3) is 5.91 Å². The van der Waals surface area contributed by atoms with Crippen molar-refractivity contribution in [2.75, 3.05) is 29.9 Å². The molecule has 1 aromatic carbocycles. The fourth-order valence-corrected chi connectivity index (χ4v) is 4.60. The molecule has 1 aromatic heterocycles. The summed E-state index contributed by atoms with van der Waals surface area (Å²) in [6.45, 7) is 8.95. The molecule has 1 N–H and O–H groups in total. The van der Waals surface area contributed by atoms with E-state index in [1.165, 1.54) is 17.1 Å². The third kappa shape index (κ3) is 4.30. The molecule has 0 radical (unpaired) electrons. The predicted octanol–water partition coefficient (Wildman–Crippen LogP) is 4.77. The first-order valence-corrected chi connectivity index (χ1v) is 10.4. The van der Waals surface area contributed by atoms with E-state index < -0.39 is 0 Å². The fraction of sp³-hybridized carbons (Fsp3) is 0.421. The number of aryl methyl sites for hydroxylation is 3. The first kappa shape index (κ1) is 18.5. The predicted molar refractivity (Wildman–Crippen MR) is 108 cm³/mol. The van der Waals surface area contributed by atoms with Gasteiger partial charge in [-0.3, -0.25) is 9.69 Å². The summed E-state index contributed by atoms with van der Waals surface area (Å²) in [6.07, 6.45) is 0. The molecular weight excluding hydrogens is 400 g/mol. The van der Waals surface area contributed by atoms with Gasteiger partial charge < -0.3 is 9.73 Å². The lowest BCUT2D eigenvalue weighted by Gasteiger charge is -2.26. The van der Waals surface area contributed by atoms with E-state index in [-0.39, 0.29) is 5.91 Å². The van der Waals surface area contributed by atoms with Crippen molar-refractivity contribution in [3.8, 4) is 0 Å². The van der Waals surface area contributed by atoms with Gasteiger partial charge in [0.1, 0.15) is 11.5 Å². The number of halogens is 1. The summed E-state index contributed by atoms with van der Waals surface area (Å²) >= 11 is 5.46. The molecule has 1 saturated heterocycles. The molecule has 0 spiro atoms. The van der Waals surface area contributed by atoms with Gasteiger partial charge in [0.15, 0.2) is 0 Å². The molecule has 134 valence electrons. The lowest BCUT2D eigenvalue weighted by Crippen LogP contribution is -2.31. The van der Waals surface area contributed by atoms with Crippen molar-refractivity contribution in [2.24, 2.45) is 0 Å². The molecular formula is C19H23BrN2O2S. The number of carbonyl (C=O) groups excluding carboxylic acids is 1. The highest BCUT2D eigenvalue weighted by Gasteiger charge is 2.20. The van der Waals surface area contributed by atoms with E-state index in [9.17, 15) is 4.79 Å². The lowest BCUT2D eigenvalue weighted by molar-refractivity contribution is 0.102. The largest absolute Gasteiger partial charge is 0.465 e. The summed E-state index contributed by atoms with van der Waals surface area (Å²) in [4.78, 5) is 15.1. The molecule has 2 aromatic rings. The summed E-state index contributed by atoms with van der Waals surface area (Å²) in [5.41, 5.74) is 3.77. The number of benzene rings is 1. The van der Waals surface area contributed by atoms with E-state index in [2.05, 4.69) is 38.3 Å². The SMILES string of the molecule is Cc1cc(CN2CCSCC2)ccc1NC(=O)c1c(C)oc(C)c1Br. The number of furan rings is 1. The van der Waals surface area contributed by atoms with Gasteiger partial charge >= 0.3 is 0 Å². The normalized spacial score (nSPS) is 15.4. The minimum Gasteiger partial charge on any atom is -0.465 e. The van der Waals surface area contributed by atoms with Gasteiger partial charge in [0.05, 0.1) is 10.0 Å². The number of hydrogen-bond donors (Lipinski definition) is 1. The van der Waals surface area contributed by atoms with Gasteiger partial charge in [0, 0.05) is 36.8 Å². The van der Waals surface area contributed by atoms with Crippen LogP contribution in [0.15, 0.2) is 27.1 Å². The average Bonchev–Trinajstić information content (AvgIpc) is 2.83. The Kier molecular flexibility index (Phi) is 5.92. The molecule has 4 nitrogen and oxygen atoms in total. The maximum absolute atomic E-state index is 12.6. The van der Waals surface area contributed by atoms with Gasteiger partial charge in [-0.2, -0.15) is 11.8 Å². The van der Waals surface area contributed by atoms with Crippen LogP contribution in [0.1, 0.15) is 33.0 Å². The van der Waals surface area contributed by atoms with Crippen LogP contribution in [0.2, 0.25) is 0 Å². The van der Waals surface area contributed by atoms with Crippen molar-refractivity contribution < 1.29 is 9.21 Å². The lowest BCUT2D eigenvalue weighted by atomic mass is 10.1. The third-order valence-electron chi connectivity index (χ3n) is 4.46. The van der Waals surface area contributed by atoms with Gasteiger partial charge in [-0.15, -0.1) is 0 Å². The number of thioether (sulfide) groups is 1. The van der Waals surface area contributed by atoms with Crippen molar-refractivity contribution in [2.45, 2.75) is 27.3 Å². The molecule has 0 aliphatic carbocycles. The van der Waals surface area contributed by atoms with E-state index in [1.54, 1.807) is 6.92 Å². The Morgan fingerprint density at radius 1 is 1.24 bits per heavy atom. The van der Waals surface area contributed by atoms with Crippen LogP contribution in [-0.4, -0.2) is 35.4 Å². The van der Waals surface area contributed by atoms with Crippen molar-refractivity contribution in [3.63, 3.8) is 0 Å². The number of carbonyl (C=O) groups is 1. The van der Waals surface area contributed by atoms with Crippen LogP contribution in [0.5, 0.6) is 0 Å². The second kappa shape index (κ2) is 7.98. The molecule has 3 rings (SSSR count). The van der Waals surface area contributed by atoms with Gasteiger partial charge in [0.2, 0.25) is 0 Å². The number of anilines is 1. The minimum atomic E-state index is -0.148. The molecule has 0 saturated carbocycles. The molecule has 25 heavy (non-hydrogen) atoms. The molecule has 0 atom stereocenters. The van der Waals surface area contributed by atoms with Crippen LogP contribution in [0.4, 0.5) is 5.69 Å². The highest BCUT2D eigenvalue weighted by molar-refractivity contribution is 9.10. The van der Waals surface area contributed by atoms with Crippen molar-refractivity contribution in [3.05, 3.63) is 50.9 Å². The summed E-state index contributed by atoms with van der Waals surface area (Å²) in [7, 11) is 0. The topological polar surface area (TPSA) is 45.5 Å². The quantitative estimate of drug-likeness (QED) is 0.770. The maximum Gasteiger partial charge on any atom is 0.260 e. The smallest absolute Gasteiger partial charge is 0.260 e. The second-order valence-corrected chi connectivity index (χ2v) is 8.41. The van der Waals surface area contributed by atoms with E-state index in [0.29, 0.717) is 11.3 Å². The van der Waals surface area contributed by atoms with Crippen LogP contribution >= 0.6 is 27.7 Å². The highest BCUT2D eigenvalue weighted by Crippen LogP contribution is 2.28. The van der Waals surface area contributed by atoms with Crippen LogP contribution in [-0.2, 0) is 6.54 Å². The summed E-state index contributed by atoms with van der Waals surface area (Å²) < 4.78 is 6.25. The van der Waals surface area contributed by atoms with Gasteiger partial charge in [-0.25, -0.2) is 0 Å². The molecule has 1 fully saturated rings. The molecule has 2 heterocycles. The Balaban J connectivity index is 1.71. The Hall–Kier alpha value is -1.24. The highest BCUT2D eigenvalue weighted by atomic mass is 79.9. The molecule has 1 amide bonds. The zero-order valence-corrected chi connectivity index (χ0v) is 17.2. The molecule has 0 unspecified atom stereocenters. The number of nitrogens with zero attached hydrogens (tertiary/aromatic N) is 1. The summed E-state index contributed by atoms with van der Waals surface area (Å²) in [6, 6.07) is 6.27. The fourth-order valence-electron chi connectivity index (χ4n) is 3.08. The van der Waals surface area contributed by atoms with E-state index >= 15 is 0 Å². The third-order valence-corrected chi connectivity index (χ3v) is 6.36. The number of nitrogens with one attached hydrogen (secondary N) is 1. The molecule has 1 aliphatic rings. The molecule has 0 bridgehead atoms. The molecule has 6 heteroatoms. The van der Waals surface area contributed by atoms with Gasteiger partial charge in [-0.05, 0) is 53.9 Å². The minimum absolute atomic E-state index is 0.148. The molecule has 1 aliphatic heterocycles. The van der Waals surface area contributed by atoms with Crippen molar-refractivity contribution in [1.29, 1.82) is 0 Å². The van der Waals surface area contributed by atoms with E-state index in [1.807, 2.05) is 31.7 Å². The number of rotatable bonds is 4.